The van der Waals surface area contributed by atoms with E-state index in [-0.39, 0.29) is 0 Å². The summed E-state index contributed by atoms with van der Waals surface area (Å²) in [7, 11) is -6.94. The van der Waals surface area contributed by atoms with Crippen molar-refractivity contribution in [3.63, 3.8) is 0 Å². The minimum absolute atomic E-state index is 0.754. The molecule has 0 saturated heterocycles. The Bertz CT molecular complexity index is 2110. The quantitative estimate of drug-likeness (QED) is 0.108. The molecule has 0 unspecified atom stereocenters. The summed E-state index contributed by atoms with van der Waals surface area (Å²) in [6, 6.07) is 92.9. The molecule has 8 aromatic rings. The van der Waals surface area contributed by atoms with Crippen LogP contribution >= 0.6 is 0 Å². The SMILES string of the molecule is c1ccc([CH2][Pd]([CH2]c2ccccc2)([CH2]c2ccccc2)([CH2]c2ccccc2)([c]2ccccc2)([c]2ccccc2)([c]2ccccc2)[c]2ccccc2)cc1. The van der Waals surface area contributed by atoms with Gasteiger partial charge in [-0.15, -0.1) is 0 Å². The van der Waals surface area contributed by atoms with E-state index in [9.17, 15) is 0 Å². The van der Waals surface area contributed by atoms with E-state index in [2.05, 4.69) is 243 Å². The first-order chi connectivity index (χ1) is 26.0. The van der Waals surface area contributed by atoms with Gasteiger partial charge in [0.2, 0.25) is 0 Å². The van der Waals surface area contributed by atoms with E-state index in [4.69, 9.17) is 0 Å². The van der Waals surface area contributed by atoms with Gasteiger partial charge in [0.15, 0.2) is 0 Å². The first-order valence-electron chi connectivity index (χ1n) is 18.2. The number of benzene rings is 8. The van der Waals surface area contributed by atoms with Crippen molar-refractivity contribution in [3.8, 4) is 0 Å². The molecule has 0 N–H and O–H groups in total. The minimum atomic E-state index is -6.94. The van der Waals surface area contributed by atoms with Crippen LogP contribution in [0.25, 0.3) is 0 Å². The topological polar surface area (TPSA) is 0 Å². The molecule has 53 heavy (non-hydrogen) atoms. The van der Waals surface area contributed by atoms with Gasteiger partial charge in [-0.1, -0.05) is 0 Å². The first kappa shape index (κ1) is 34.5. The Morgan fingerprint density at radius 3 is 0.509 bits per heavy atom. The maximum absolute atomic E-state index is 6.94. The van der Waals surface area contributed by atoms with E-state index in [0.717, 1.165) is 19.6 Å². The fraction of sp³-hybridized carbons (Fsp3) is 0.0769. The van der Waals surface area contributed by atoms with Crippen LogP contribution in [0.3, 0.4) is 0 Å². The monoisotopic (exact) mass is 778 g/mol. The number of hydrogen-bond donors (Lipinski definition) is 0. The first-order valence-corrected chi connectivity index (χ1v) is 25.7. The molecule has 0 atom stereocenters. The van der Waals surface area contributed by atoms with E-state index in [1.54, 1.807) is 0 Å². The molecule has 8 aromatic carbocycles. The van der Waals surface area contributed by atoms with Crippen molar-refractivity contribution >= 4 is 16.1 Å². The van der Waals surface area contributed by atoms with E-state index < -0.39 is 10.7 Å². The van der Waals surface area contributed by atoms with Crippen LogP contribution in [0.15, 0.2) is 243 Å². The van der Waals surface area contributed by atoms with Crippen molar-refractivity contribution < 1.29 is 10.7 Å². The zero-order valence-electron chi connectivity index (χ0n) is 30.2. The Labute approximate surface area is 309 Å². The molecule has 0 heterocycles. The molecule has 8 rings (SSSR count). The maximum atomic E-state index is 2.51. The van der Waals surface area contributed by atoms with Gasteiger partial charge in [-0.05, 0) is 0 Å². The predicted octanol–water partition coefficient (Wildman–Crippen LogP) is 10.4. The Kier molecular flexibility index (Phi) is 7.63. The van der Waals surface area contributed by atoms with Crippen LogP contribution in [0.5, 0.6) is 0 Å². The summed E-state index contributed by atoms with van der Waals surface area (Å²) in [6.45, 7) is 0. The second kappa shape index (κ2) is 11.7. The van der Waals surface area contributed by atoms with Crippen LogP contribution in [-0.4, -0.2) is 0 Å². The summed E-state index contributed by atoms with van der Waals surface area (Å²) < 4.78 is 5.50. The van der Waals surface area contributed by atoms with Crippen LogP contribution < -0.4 is 16.1 Å². The van der Waals surface area contributed by atoms with E-state index in [1.165, 1.54) is 38.4 Å². The standard InChI is InChI=1S/4C7H7.4C6H5.Pd/c4*1-7-5-3-2-4-6-7;4*1-2-4-6-5-3-1;/h4*2-6H,1H2;4*1-5H;. The molecule has 0 aliphatic rings. The second-order valence-corrected chi connectivity index (χ2v) is 36.2. The van der Waals surface area contributed by atoms with E-state index >= 15 is 0 Å². The van der Waals surface area contributed by atoms with Crippen molar-refractivity contribution in [2.45, 2.75) is 19.6 Å². The van der Waals surface area contributed by atoms with Gasteiger partial charge in [0, 0.05) is 0 Å². The van der Waals surface area contributed by atoms with Crippen molar-refractivity contribution in [3.05, 3.63) is 265 Å². The molecule has 0 spiro atoms. The van der Waals surface area contributed by atoms with E-state index in [0.29, 0.717) is 0 Å². The predicted molar refractivity (Wildman–Crippen MR) is 225 cm³/mol. The Morgan fingerprint density at radius 2 is 0.340 bits per heavy atom. The number of hydrogen-bond acceptors (Lipinski definition) is 0. The molecular formula is C52H48Pd. The molecule has 0 amide bonds. The van der Waals surface area contributed by atoms with Gasteiger partial charge in [0.1, 0.15) is 0 Å². The second-order valence-electron chi connectivity index (χ2n) is 14.6. The van der Waals surface area contributed by atoms with Gasteiger partial charge >= 0.3 is 311 Å². The van der Waals surface area contributed by atoms with Crippen LogP contribution in [-0.2, 0) is 30.2 Å². The third kappa shape index (κ3) is 4.05. The van der Waals surface area contributed by atoms with Crippen LogP contribution in [0, 0.1) is 0 Å². The van der Waals surface area contributed by atoms with E-state index in [1.807, 2.05) is 0 Å². The Hall–Kier alpha value is -5.58. The van der Waals surface area contributed by atoms with Crippen molar-refractivity contribution in [1.82, 2.24) is 0 Å². The average molecular weight is 779 g/mol. The Morgan fingerprint density at radius 1 is 0.189 bits per heavy atom. The summed E-state index contributed by atoms with van der Waals surface area (Å²) in [5.74, 6) is 0. The molecule has 0 nitrogen and oxygen atoms in total. The van der Waals surface area contributed by atoms with Crippen LogP contribution in [0.1, 0.15) is 22.3 Å². The van der Waals surface area contributed by atoms with Gasteiger partial charge in [-0.25, -0.2) is 0 Å². The van der Waals surface area contributed by atoms with Gasteiger partial charge in [-0.2, -0.15) is 0 Å². The number of rotatable bonds is 12. The third-order valence-electron chi connectivity index (χ3n) is 11.7. The molecule has 0 bridgehead atoms. The summed E-state index contributed by atoms with van der Waals surface area (Å²) in [6.07, 6.45) is 0. The third-order valence-corrected chi connectivity index (χ3v) is 41.0. The molecular weight excluding hydrogens is 731 g/mol. The molecule has 0 fully saturated rings. The summed E-state index contributed by atoms with van der Waals surface area (Å²) in [5.41, 5.74) is 5.23. The van der Waals surface area contributed by atoms with Crippen LogP contribution in [0.2, 0.25) is 0 Å². The normalized spacial score (nSPS) is 14.5. The molecule has 266 valence electrons. The fourth-order valence-corrected chi connectivity index (χ4v) is 41.1. The Balaban J connectivity index is 1.93. The fourth-order valence-electron chi connectivity index (χ4n) is 9.68. The van der Waals surface area contributed by atoms with Crippen molar-refractivity contribution in [1.29, 1.82) is 0 Å². The molecule has 0 aromatic heterocycles. The van der Waals surface area contributed by atoms with Gasteiger partial charge in [-0.3, -0.25) is 0 Å². The summed E-state index contributed by atoms with van der Waals surface area (Å²) in [5, 5.41) is 0. The van der Waals surface area contributed by atoms with Gasteiger partial charge < -0.3 is 0 Å². The molecule has 0 radical (unpaired) electrons. The zero-order valence-corrected chi connectivity index (χ0v) is 31.8. The molecule has 0 saturated carbocycles. The van der Waals surface area contributed by atoms with Crippen LogP contribution in [0.4, 0.5) is 0 Å². The summed E-state index contributed by atoms with van der Waals surface area (Å²) in [4.78, 5) is 3.01. The molecule has 1 heteroatoms. The average Bonchev–Trinajstić information content (AvgIpc) is 3.24. The van der Waals surface area contributed by atoms with Gasteiger partial charge in [0.25, 0.3) is 0 Å². The zero-order chi connectivity index (χ0) is 36.1. The molecule has 0 aliphatic carbocycles. The van der Waals surface area contributed by atoms with Crippen molar-refractivity contribution in [2.75, 3.05) is 0 Å². The summed E-state index contributed by atoms with van der Waals surface area (Å²) >= 11 is 0. The molecule has 0 aliphatic heterocycles. The van der Waals surface area contributed by atoms with Crippen molar-refractivity contribution in [2.24, 2.45) is 0 Å². The van der Waals surface area contributed by atoms with Gasteiger partial charge in [0.05, 0.1) is 0 Å².